The second-order valence-corrected chi connectivity index (χ2v) is 5.91. The number of fused-ring (bicyclic) bond motifs is 1. The first kappa shape index (κ1) is 17.7. The lowest BCUT2D eigenvalue weighted by molar-refractivity contribution is -0.142. The lowest BCUT2D eigenvalue weighted by atomic mass is 10.2. The molecule has 0 unspecified atom stereocenters. The van der Waals surface area contributed by atoms with E-state index in [-0.39, 0.29) is 18.9 Å². The molecule has 2 N–H and O–H groups in total. The van der Waals surface area contributed by atoms with Gasteiger partial charge in [-0.1, -0.05) is 47.1 Å². The molecule has 0 bridgehead atoms. The molecule has 0 saturated carbocycles. The van der Waals surface area contributed by atoms with Crippen LogP contribution in [0.15, 0.2) is 65.9 Å². The topological polar surface area (TPSA) is 86.8 Å². The van der Waals surface area contributed by atoms with Crippen LogP contribution in [0.5, 0.6) is 5.75 Å². The molecule has 0 aliphatic carbocycles. The van der Waals surface area contributed by atoms with E-state index < -0.39 is 5.97 Å². The van der Waals surface area contributed by atoms with Gasteiger partial charge < -0.3 is 15.3 Å². The van der Waals surface area contributed by atoms with E-state index in [1.807, 2.05) is 24.3 Å². The summed E-state index contributed by atoms with van der Waals surface area (Å²) >= 11 is 5.80. The van der Waals surface area contributed by atoms with Crippen molar-refractivity contribution in [1.29, 1.82) is 0 Å². The van der Waals surface area contributed by atoms with Gasteiger partial charge in [-0.05, 0) is 29.8 Å². The third-order valence-electron chi connectivity index (χ3n) is 3.50. The second kappa shape index (κ2) is 8.31. The largest absolute Gasteiger partial charge is 0.483 e. The number of aromatic nitrogens is 1. The number of nitrogens with two attached hydrogens (primary N) is 1. The van der Waals surface area contributed by atoms with Crippen molar-refractivity contribution in [3.05, 3.63) is 71.4 Å². The smallest absolute Gasteiger partial charge is 0.339 e. The third kappa shape index (κ3) is 4.70. The Morgan fingerprint density at radius 2 is 1.88 bits per heavy atom. The van der Waals surface area contributed by atoms with E-state index in [9.17, 15) is 4.79 Å². The maximum absolute atomic E-state index is 11.8. The van der Waals surface area contributed by atoms with Gasteiger partial charge in [0.1, 0.15) is 17.9 Å². The molecule has 2 aromatic carbocycles. The first-order chi connectivity index (χ1) is 12.6. The number of hydrogen-bond donors (Lipinski definition) is 1. The number of amidine groups is 1. The predicted octanol–water partition coefficient (Wildman–Crippen LogP) is 3.33. The maximum atomic E-state index is 11.8. The number of halogens is 1. The maximum Gasteiger partial charge on any atom is 0.339 e. The van der Waals surface area contributed by atoms with Crippen LogP contribution in [0.25, 0.3) is 10.9 Å². The lowest BCUT2D eigenvalue weighted by Gasteiger charge is -2.08. The Morgan fingerprint density at radius 1 is 1.12 bits per heavy atom. The normalized spacial score (nSPS) is 11.3. The van der Waals surface area contributed by atoms with Gasteiger partial charge in [-0.3, -0.25) is 4.98 Å². The fraction of sp³-hybridized carbons (Fsp3) is 0.105. The molecule has 6 nitrogen and oxygen atoms in total. The number of para-hydroxylation sites is 1. The van der Waals surface area contributed by atoms with E-state index in [0.717, 1.165) is 16.5 Å². The standard InChI is InChI=1S/C19H16ClN3O3/c20-15-8-6-13(7-9-15)11-18(24)26-23-17(21)12-25-16-5-1-3-14-4-2-10-22-19(14)16/h1-10H,11-12H2,(H2,21,23). The zero-order valence-electron chi connectivity index (χ0n) is 13.8. The summed E-state index contributed by atoms with van der Waals surface area (Å²) in [7, 11) is 0. The van der Waals surface area contributed by atoms with Crippen LogP contribution in [0.3, 0.4) is 0 Å². The van der Waals surface area contributed by atoms with Crippen molar-refractivity contribution in [3.8, 4) is 5.75 Å². The van der Waals surface area contributed by atoms with E-state index in [4.69, 9.17) is 26.9 Å². The van der Waals surface area contributed by atoms with Crippen molar-refractivity contribution < 1.29 is 14.4 Å². The van der Waals surface area contributed by atoms with Crippen molar-refractivity contribution in [2.75, 3.05) is 6.61 Å². The summed E-state index contributed by atoms with van der Waals surface area (Å²) in [5, 5.41) is 5.16. The molecule has 0 atom stereocenters. The number of carbonyl (C=O) groups is 1. The van der Waals surface area contributed by atoms with E-state index >= 15 is 0 Å². The fourth-order valence-corrected chi connectivity index (χ4v) is 2.41. The van der Waals surface area contributed by atoms with Crippen LogP contribution in [0, 0.1) is 0 Å². The molecular weight excluding hydrogens is 354 g/mol. The van der Waals surface area contributed by atoms with Gasteiger partial charge >= 0.3 is 5.97 Å². The van der Waals surface area contributed by atoms with Crippen molar-refractivity contribution in [2.24, 2.45) is 10.9 Å². The first-order valence-corrected chi connectivity index (χ1v) is 8.23. The minimum atomic E-state index is -0.526. The summed E-state index contributed by atoms with van der Waals surface area (Å²) in [6.07, 6.45) is 1.76. The Balaban J connectivity index is 1.55. The number of rotatable bonds is 6. The highest BCUT2D eigenvalue weighted by Gasteiger charge is 2.07. The Labute approximate surface area is 155 Å². The van der Waals surface area contributed by atoms with Crippen molar-refractivity contribution in [2.45, 2.75) is 6.42 Å². The molecule has 26 heavy (non-hydrogen) atoms. The van der Waals surface area contributed by atoms with Crippen LogP contribution in [0.2, 0.25) is 5.02 Å². The molecular formula is C19H16ClN3O3. The van der Waals surface area contributed by atoms with Crippen LogP contribution in [-0.4, -0.2) is 23.4 Å². The van der Waals surface area contributed by atoms with Crippen molar-refractivity contribution in [1.82, 2.24) is 4.98 Å². The molecule has 1 heterocycles. The fourth-order valence-electron chi connectivity index (χ4n) is 2.28. The first-order valence-electron chi connectivity index (χ1n) is 7.85. The number of carbonyl (C=O) groups excluding carboxylic acids is 1. The molecule has 0 radical (unpaired) electrons. The van der Waals surface area contributed by atoms with Gasteiger partial charge in [0.15, 0.2) is 5.84 Å². The zero-order valence-corrected chi connectivity index (χ0v) is 14.5. The Hall–Kier alpha value is -3.12. The number of hydrogen-bond acceptors (Lipinski definition) is 5. The van der Waals surface area contributed by atoms with Crippen molar-refractivity contribution in [3.63, 3.8) is 0 Å². The Kier molecular flexibility index (Phi) is 5.66. The van der Waals surface area contributed by atoms with Crippen LogP contribution >= 0.6 is 11.6 Å². The molecule has 0 aliphatic rings. The second-order valence-electron chi connectivity index (χ2n) is 5.47. The number of oxime groups is 1. The number of benzene rings is 2. The van der Waals surface area contributed by atoms with Gasteiger partial charge in [-0.2, -0.15) is 0 Å². The van der Waals surface area contributed by atoms with E-state index in [1.165, 1.54) is 0 Å². The lowest BCUT2D eigenvalue weighted by Crippen LogP contribution is -2.22. The van der Waals surface area contributed by atoms with Gasteiger partial charge in [0, 0.05) is 16.6 Å². The zero-order chi connectivity index (χ0) is 18.4. The molecule has 3 aromatic rings. The van der Waals surface area contributed by atoms with Crippen LogP contribution in [0.1, 0.15) is 5.56 Å². The summed E-state index contributed by atoms with van der Waals surface area (Å²) < 4.78 is 5.62. The molecule has 0 spiro atoms. The average Bonchev–Trinajstić information content (AvgIpc) is 2.66. The Bertz CT molecular complexity index is 937. The summed E-state index contributed by atoms with van der Waals surface area (Å²) in [5.41, 5.74) is 7.23. The highest BCUT2D eigenvalue weighted by molar-refractivity contribution is 6.30. The summed E-state index contributed by atoms with van der Waals surface area (Å²) in [6, 6.07) is 16.3. The number of ether oxygens (including phenoxy) is 1. The molecule has 7 heteroatoms. The van der Waals surface area contributed by atoms with Crippen LogP contribution in [0.4, 0.5) is 0 Å². The highest BCUT2D eigenvalue weighted by Crippen LogP contribution is 2.22. The molecule has 0 fully saturated rings. The van der Waals surface area contributed by atoms with Gasteiger partial charge in [-0.15, -0.1) is 0 Å². The van der Waals surface area contributed by atoms with E-state index in [2.05, 4.69) is 10.1 Å². The molecule has 0 amide bonds. The van der Waals surface area contributed by atoms with Gasteiger partial charge in [-0.25, -0.2) is 4.79 Å². The van der Waals surface area contributed by atoms with Gasteiger partial charge in [0.05, 0.1) is 6.42 Å². The summed E-state index contributed by atoms with van der Waals surface area (Å²) in [5.74, 6) is 0.0956. The van der Waals surface area contributed by atoms with Crippen LogP contribution in [-0.2, 0) is 16.1 Å². The molecule has 0 aliphatic heterocycles. The molecule has 3 rings (SSSR count). The monoisotopic (exact) mass is 369 g/mol. The SMILES string of the molecule is NC(COc1cccc2cccnc12)=NOC(=O)Cc1ccc(Cl)cc1. The predicted molar refractivity (Wildman–Crippen MR) is 100 cm³/mol. The summed E-state index contributed by atoms with van der Waals surface area (Å²) in [4.78, 5) is 20.9. The Morgan fingerprint density at radius 3 is 2.69 bits per heavy atom. The summed E-state index contributed by atoms with van der Waals surface area (Å²) in [6.45, 7) is -0.0239. The van der Waals surface area contributed by atoms with Gasteiger partial charge in [0.25, 0.3) is 0 Å². The molecule has 1 aromatic heterocycles. The minimum absolute atomic E-state index is 0.0239. The quantitative estimate of drug-likeness (QED) is 0.312. The van der Waals surface area contributed by atoms with Crippen molar-refractivity contribution >= 4 is 34.3 Å². The minimum Gasteiger partial charge on any atom is -0.483 e. The van der Waals surface area contributed by atoms with E-state index in [0.29, 0.717) is 10.8 Å². The average molecular weight is 370 g/mol. The van der Waals surface area contributed by atoms with Gasteiger partial charge in [0.2, 0.25) is 0 Å². The number of pyridine rings is 1. The molecule has 0 saturated heterocycles. The molecule has 132 valence electrons. The van der Waals surface area contributed by atoms with Crippen LogP contribution < -0.4 is 10.5 Å². The number of nitrogens with zero attached hydrogens (tertiary/aromatic N) is 2. The van der Waals surface area contributed by atoms with E-state index in [1.54, 1.807) is 36.5 Å². The third-order valence-corrected chi connectivity index (χ3v) is 3.75. The highest BCUT2D eigenvalue weighted by atomic mass is 35.5.